The zero-order valence-corrected chi connectivity index (χ0v) is 10.7. The lowest BCUT2D eigenvalue weighted by molar-refractivity contribution is 0.0263. The van der Waals surface area contributed by atoms with Crippen molar-refractivity contribution < 1.29 is 5.11 Å². The molecule has 0 spiro atoms. The summed E-state index contributed by atoms with van der Waals surface area (Å²) >= 11 is 0. The van der Waals surface area contributed by atoms with Crippen molar-refractivity contribution in [2.75, 3.05) is 0 Å². The number of rotatable bonds is 2. The lowest BCUT2D eigenvalue weighted by Gasteiger charge is -2.42. The van der Waals surface area contributed by atoms with E-state index in [9.17, 15) is 5.11 Å². The monoisotopic (exact) mass is 208 g/mol. The van der Waals surface area contributed by atoms with Crippen LogP contribution in [0.15, 0.2) is 23.3 Å². The summed E-state index contributed by atoms with van der Waals surface area (Å²) in [5, 5.41) is 10.4. The van der Waals surface area contributed by atoms with Crippen LogP contribution in [0.2, 0.25) is 0 Å². The predicted molar refractivity (Wildman–Crippen MR) is 65.7 cm³/mol. The van der Waals surface area contributed by atoms with E-state index in [1.165, 1.54) is 5.57 Å². The highest BCUT2D eigenvalue weighted by Crippen LogP contribution is 2.44. The van der Waals surface area contributed by atoms with Gasteiger partial charge in [-0.1, -0.05) is 31.6 Å². The molecule has 0 aromatic heterocycles. The molecule has 15 heavy (non-hydrogen) atoms. The van der Waals surface area contributed by atoms with Crippen molar-refractivity contribution in [1.82, 2.24) is 0 Å². The maximum atomic E-state index is 10.4. The molecule has 1 heteroatoms. The average molecular weight is 208 g/mol. The molecule has 1 nitrogen and oxygen atoms in total. The van der Waals surface area contributed by atoms with Crippen molar-refractivity contribution in [3.63, 3.8) is 0 Å². The summed E-state index contributed by atoms with van der Waals surface area (Å²) in [5.41, 5.74) is 2.57. The lowest BCUT2D eigenvalue weighted by atomic mass is 9.65. The molecule has 0 saturated carbocycles. The van der Waals surface area contributed by atoms with Gasteiger partial charge in [0, 0.05) is 5.41 Å². The first kappa shape index (κ1) is 12.5. The number of hydrogen-bond acceptors (Lipinski definition) is 1. The largest absolute Gasteiger partial charge is 0.388 e. The zero-order valence-electron chi connectivity index (χ0n) is 10.7. The third-order valence-corrected chi connectivity index (χ3v) is 4.14. The van der Waals surface area contributed by atoms with E-state index in [0.717, 1.165) is 18.4 Å². The summed E-state index contributed by atoms with van der Waals surface area (Å²) in [6.07, 6.45) is 6.24. The maximum absolute atomic E-state index is 10.4. The highest BCUT2D eigenvalue weighted by Gasteiger charge is 2.39. The molecule has 0 fully saturated rings. The zero-order chi connectivity index (χ0) is 11.6. The SMILES string of the molecule is CC=C(C)C(O)C1(C)CCC(C)=CC1C. The maximum Gasteiger partial charge on any atom is 0.0806 e. The van der Waals surface area contributed by atoms with Gasteiger partial charge in [0.1, 0.15) is 0 Å². The molecule has 0 saturated heterocycles. The Balaban J connectivity index is 2.93. The molecule has 1 aliphatic rings. The standard InChI is InChI=1S/C14H24O/c1-6-11(3)13(15)14(5)8-7-10(2)9-12(14)4/h6,9,12-13,15H,7-8H2,1-5H3. The Morgan fingerprint density at radius 2 is 2.27 bits per heavy atom. The van der Waals surface area contributed by atoms with Crippen LogP contribution >= 0.6 is 0 Å². The molecule has 0 aromatic carbocycles. The summed E-state index contributed by atoms with van der Waals surface area (Å²) < 4.78 is 0. The van der Waals surface area contributed by atoms with Gasteiger partial charge >= 0.3 is 0 Å². The normalized spacial score (nSPS) is 34.9. The Bertz CT molecular complexity index is 288. The number of allylic oxidation sites excluding steroid dienone is 3. The van der Waals surface area contributed by atoms with Gasteiger partial charge in [-0.25, -0.2) is 0 Å². The van der Waals surface area contributed by atoms with Gasteiger partial charge in [0.15, 0.2) is 0 Å². The van der Waals surface area contributed by atoms with Crippen LogP contribution in [0.4, 0.5) is 0 Å². The fraction of sp³-hybridized carbons (Fsp3) is 0.714. The van der Waals surface area contributed by atoms with Crippen molar-refractivity contribution in [3.8, 4) is 0 Å². The molecule has 1 N–H and O–H groups in total. The van der Waals surface area contributed by atoms with Crippen LogP contribution in [0.1, 0.15) is 47.5 Å². The van der Waals surface area contributed by atoms with Gasteiger partial charge in [0.2, 0.25) is 0 Å². The van der Waals surface area contributed by atoms with Gasteiger partial charge in [0.05, 0.1) is 6.10 Å². The molecule has 1 aliphatic carbocycles. The van der Waals surface area contributed by atoms with Crippen LogP contribution in [-0.4, -0.2) is 11.2 Å². The molecule has 3 atom stereocenters. The Morgan fingerprint density at radius 1 is 1.67 bits per heavy atom. The molecule has 3 unspecified atom stereocenters. The first-order valence-electron chi connectivity index (χ1n) is 5.90. The summed E-state index contributed by atoms with van der Waals surface area (Å²) in [6, 6.07) is 0. The minimum absolute atomic E-state index is 0.0100. The van der Waals surface area contributed by atoms with E-state index in [-0.39, 0.29) is 11.5 Å². The van der Waals surface area contributed by atoms with Crippen LogP contribution in [0.25, 0.3) is 0 Å². The fourth-order valence-electron chi connectivity index (χ4n) is 2.46. The summed E-state index contributed by atoms with van der Waals surface area (Å²) in [7, 11) is 0. The molecule has 0 amide bonds. The minimum atomic E-state index is -0.304. The number of hydrogen-bond donors (Lipinski definition) is 1. The Labute approximate surface area is 93.9 Å². The molecular weight excluding hydrogens is 184 g/mol. The number of aliphatic hydroxyl groups excluding tert-OH is 1. The first-order chi connectivity index (χ1) is 6.91. The van der Waals surface area contributed by atoms with Crippen LogP contribution < -0.4 is 0 Å². The Hall–Kier alpha value is -0.560. The second-order valence-electron chi connectivity index (χ2n) is 5.24. The van der Waals surface area contributed by atoms with Crippen molar-refractivity contribution in [2.45, 2.75) is 53.6 Å². The predicted octanol–water partition coefficient (Wildman–Crippen LogP) is 3.70. The van der Waals surface area contributed by atoms with E-state index >= 15 is 0 Å². The van der Waals surface area contributed by atoms with Gasteiger partial charge in [0.25, 0.3) is 0 Å². The highest BCUT2D eigenvalue weighted by atomic mass is 16.3. The van der Waals surface area contributed by atoms with Crippen LogP contribution in [0.5, 0.6) is 0 Å². The molecule has 1 rings (SSSR count). The second-order valence-corrected chi connectivity index (χ2v) is 5.24. The fourth-order valence-corrected chi connectivity index (χ4v) is 2.46. The highest BCUT2D eigenvalue weighted by molar-refractivity contribution is 5.17. The Morgan fingerprint density at radius 3 is 2.73 bits per heavy atom. The van der Waals surface area contributed by atoms with E-state index in [0.29, 0.717) is 5.92 Å². The van der Waals surface area contributed by atoms with E-state index < -0.39 is 0 Å². The van der Waals surface area contributed by atoms with Crippen LogP contribution in [-0.2, 0) is 0 Å². The summed E-state index contributed by atoms with van der Waals surface area (Å²) in [6.45, 7) is 10.6. The minimum Gasteiger partial charge on any atom is -0.388 e. The Kier molecular flexibility index (Phi) is 3.77. The summed E-state index contributed by atoms with van der Waals surface area (Å²) in [4.78, 5) is 0. The van der Waals surface area contributed by atoms with Gasteiger partial charge in [-0.3, -0.25) is 0 Å². The quantitative estimate of drug-likeness (QED) is 0.686. The topological polar surface area (TPSA) is 20.2 Å². The van der Waals surface area contributed by atoms with Gasteiger partial charge in [-0.15, -0.1) is 0 Å². The van der Waals surface area contributed by atoms with Crippen molar-refractivity contribution in [3.05, 3.63) is 23.3 Å². The molecule has 0 aliphatic heterocycles. The van der Waals surface area contributed by atoms with Crippen LogP contribution in [0, 0.1) is 11.3 Å². The van der Waals surface area contributed by atoms with E-state index in [2.05, 4.69) is 26.8 Å². The van der Waals surface area contributed by atoms with Crippen molar-refractivity contribution >= 4 is 0 Å². The molecule has 0 radical (unpaired) electrons. The van der Waals surface area contributed by atoms with E-state index in [4.69, 9.17) is 0 Å². The van der Waals surface area contributed by atoms with Crippen molar-refractivity contribution in [2.24, 2.45) is 11.3 Å². The van der Waals surface area contributed by atoms with Crippen molar-refractivity contribution in [1.29, 1.82) is 0 Å². The first-order valence-corrected chi connectivity index (χ1v) is 5.90. The third-order valence-electron chi connectivity index (χ3n) is 4.14. The molecule has 86 valence electrons. The van der Waals surface area contributed by atoms with E-state index in [1.807, 2.05) is 19.9 Å². The van der Waals surface area contributed by atoms with Gasteiger partial charge in [-0.2, -0.15) is 0 Å². The van der Waals surface area contributed by atoms with E-state index in [1.54, 1.807) is 0 Å². The second kappa shape index (κ2) is 4.52. The molecule has 0 heterocycles. The number of aliphatic hydroxyl groups is 1. The average Bonchev–Trinajstić information content (AvgIpc) is 2.22. The van der Waals surface area contributed by atoms with Crippen LogP contribution in [0.3, 0.4) is 0 Å². The molecule has 0 bridgehead atoms. The third kappa shape index (κ3) is 2.34. The lowest BCUT2D eigenvalue weighted by Crippen LogP contribution is -2.40. The molecule has 0 aromatic rings. The smallest absolute Gasteiger partial charge is 0.0806 e. The summed E-state index contributed by atoms with van der Waals surface area (Å²) in [5.74, 6) is 0.455. The van der Waals surface area contributed by atoms with Gasteiger partial charge < -0.3 is 5.11 Å². The van der Waals surface area contributed by atoms with Gasteiger partial charge in [-0.05, 0) is 45.1 Å². The molecular formula is C14H24O.